The molecule has 1 heterocycles. The molecule has 94 valence electrons. The first-order valence-electron chi connectivity index (χ1n) is 6.00. The molecule has 17 heavy (non-hydrogen) atoms. The van der Waals surface area contributed by atoms with Crippen LogP contribution in [-0.4, -0.2) is 19.2 Å². The Morgan fingerprint density at radius 3 is 2.59 bits per heavy atom. The third-order valence-corrected chi connectivity index (χ3v) is 2.92. The Morgan fingerprint density at radius 2 is 1.94 bits per heavy atom. The predicted octanol–water partition coefficient (Wildman–Crippen LogP) is 2.62. The Kier molecular flexibility index (Phi) is 4.45. The molecule has 0 spiro atoms. The SMILES string of the molecule is Fc1cc(F)cc(COCC2CCCCN2)c1. The fourth-order valence-electron chi connectivity index (χ4n) is 2.08. The second-order valence-electron chi connectivity index (χ2n) is 4.44. The normalized spacial score (nSPS) is 20.5. The summed E-state index contributed by atoms with van der Waals surface area (Å²) in [6, 6.07) is 3.85. The summed E-state index contributed by atoms with van der Waals surface area (Å²) in [5.74, 6) is -1.11. The van der Waals surface area contributed by atoms with Crippen molar-refractivity contribution < 1.29 is 13.5 Å². The van der Waals surface area contributed by atoms with Gasteiger partial charge in [0.2, 0.25) is 0 Å². The molecule has 0 saturated carbocycles. The average molecular weight is 241 g/mol. The molecular weight excluding hydrogens is 224 g/mol. The van der Waals surface area contributed by atoms with Gasteiger partial charge in [0.15, 0.2) is 0 Å². The summed E-state index contributed by atoms with van der Waals surface area (Å²) in [5, 5.41) is 3.35. The van der Waals surface area contributed by atoms with Gasteiger partial charge in [0.05, 0.1) is 13.2 Å². The molecule has 4 heteroatoms. The molecule has 0 bridgehead atoms. The van der Waals surface area contributed by atoms with Crippen LogP contribution >= 0.6 is 0 Å². The number of halogens is 2. The van der Waals surface area contributed by atoms with E-state index in [0.29, 0.717) is 18.2 Å². The van der Waals surface area contributed by atoms with Gasteiger partial charge in [-0.1, -0.05) is 6.42 Å². The second kappa shape index (κ2) is 6.07. The minimum absolute atomic E-state index is 0.257. The largest absolute Gasteiger partial charge is 0.375 e. The number of nitrogens with one attached hydrogen (secondary N) is 1. The van der Waals surface area contributed by atoms with Crippen molar-refractivity contribution in [3.63, 3.8) is 0 Å². The number of rotatable bonds is 4. The Hall–Kier alpha value is -1.00. The van der Waals surface area contributed by atoms with E-state index in [9.17, 15) is 8.78 Å². The van der Waals surface area contributed by atoms with E-state index >= 15 is 0 Å². The molecule has 2 nitrogen and oxygen atoms in total. The highest BCUT2D eigenvalue weighted by atomic mass is 19.1. The molecule has 1 aromatic carbocycles. The Morgan fingerprint density at radius 1 is 1.18 bits per heavy atom. The van der Waals surface area contributed by atoms with Gasteiger partial charge in [-0.25, -0.2) is 8.78 Å². The molecule has 1 aliphatic heterocycles. The van der Waals surface area contributed by atoms with E-state index in [4.69, 9.17) is 4.74 Å². The fourth-order valence-corrected chi connectivity index (χ4v) is 2.08. The van der Waals surface area contributed by atoms with E-state index in [1.807, 2.05) is 0 Å². The highest BCUT2D eigenvalue weighted by Gasteiger charge is 2.12. The van der Waals surface area contributed by atoms with E-state index in [2.05, 4.69) is 5.32 Å². The van der Waals surface area contributed by atoms with Gasteiger partial charge in [0, 0.05) is 12.1 Å². The topological polar surface area (TPSA) is 21.3 Å². The van der Waals surface area contributed by atoms with Crippen LogP contribution in [0.15, 0.2) is 18.2 Å². The van der Waals surface area contributed by atoms with Crippen molar-refractivity contribution in [3.05, 3.63) is 35.4 Å². The van der Waals surface area contributed by atoms with Crippen LogP contribution in [0.5, 0.6) is 0 Å². The van der Waals surface area contributed by atoms with Crippen molar-refractivity contribution in [2.75, 3.05) is 13.2 Å². The summed E-state index contributed by atoms with van der Waals surface area (Å²) in [5.41, 5.74) is 0.540. The molecule has 0 radical (unpaired) electrons. The zero-order valence-corrected chi connectivity index (χ0v) is 9.72. The van der Waals surface area contributed by atoms with E-state index in [0.717, 1.165) is 19.0 Å². The van der Waals surface area contributed by atoms with Gasteiger partial charge in [0.1, 0.15) is 11.6 Å². The van der Waals surface area contributed by atoms with Crippen LogP contribution in [0.2, 0.25) is 0 Å². The molecule has 1 atom stereocenters. The number of benzene rings is 1. The van der Waals surface area contributed by atoms with Crippen LogP contribution in [-0.2, 0) is 11.3 Å². The fraction of sp³-hybridized carbons (Fsp3) is 0.538. The molecule has 0 amide bonds. The van der Waals surface area contributed by atoms with Gasteiger partial charge in [-0.2, -0.15) is 0 Å². The van der Waals surface area contributed by atoms with Crippen molar-refractivity contribution in [3.8, 4) is 0 Å². The van der Waals surface area contributed by atoms with E-state index < -0.39 is 11.6 Å². The zero-order valence-electron chi connectivity index (χ0n) is 9.72. The lowest BCUT2D eigenvalue weighted by atomic mass is 10.1. The third-order valence-electron chi connectivity index (χ3n) is 2.92. The Labute approximate surface area is 100.0 Å². The zero-order chi connectivity index (χ0) is 12.1. The molecule has 0 aromatic heterocycles. The minimum Gasteiger partial charge on any atom is -0.375 e. The van der Waals surface area contributed by atoms with Crippen molar-refractivity contribution in [2.45, 2.75) is 31.9 Å². The molecule has 0 aliphatic carbocycles. The molecule has 1 fully saturated rings. The monoisotopic (exact) mass is 241 g/mol. The lowest BCUT2D eigenvalue weighted by Gasteiger charge is -2.23. The highest BCUT2D eigenvalue weighted by Crippen LogP contribution is 2.11. The summed E-state index contributed by atoms with van der Waals surface area (Å²) in [7, 11) is 0. The van der Waals surface area contributed by atoms with Crippen LogP contribution in [0.1, 0.15) is 24.8 Å². The maximum atomic E-state index is 12.9. The van der Waals surface area contributed by atoms with E-state index in [1.54, 1.807) is 0 Å². The molecule has 2 rings (SSSR count). The van der Waals surface area contributed by atoms with E-state index in [-0.39, 0.29) is 6.61 Å². The van der Waals surface area contributed by atoms with Crippen molar-refractivity contribution in [1.82, 2.24) is 5.32 Å². The second-order valence-corrected chi connectivity index (χ2v) is 4.44. The number of piperidine rings is 1. The summed E-state index contributed by atoms with van der Waals surface area (Å²) in [6.07, 6.45) is 3.54. The van der Waals surface area contributed by atoms with Gasteiger partial charge in [-0.3, -0.25) is 0 Å². The van der Waals surface area contributed by atoms with Gasteiger partial charge < -0.3 is 10.1 Å². The van der Waals surface area contributed by atoms with Crippen LogP contribution in [0.4, 0.5) is 8.78 Å². The number of hydrogen-bond acceptors (Lipinski definition) is 2. The molecule has 1 aromatic rings. The van der Waals surface area contributed by atoms with Gasteiger partial charge >= 0.3 is 0 Å². The van der Waals surface area contributed by atoms with Crippen molar-refractivity contribution >= 4 is 0 Å². The maximum Gasteiger partial charge on any atom is 0.126 e. The van der Waals surface area contributed by atoms with Gasteiger partial charge in [-0.05, 0) is 37.1 Å². The summed E-state index contributed by atoms with van der Waals surface area (Å²) < 4.78 is 31.3. The summed E-state index contributed by atoms with van der Waals surface area (Å²) in [6.45, 7) is 1.88. The summed E-state index contributed by atoms with van der Waals surface area (Å²) >= 11 is 0. The van der Waals surface area contributed by atoms with Crippen LogP contribution in [0.3, 0.4) is 0 Å². The molecule has 1 unspecified atom stereocenters. The van der Waals surface area contributed by atoms with Crippen molar-refractivity contribution in [2.24, 2.45) is 0 Å². The van der Waals surface area contributed by atoms with Gasteiger partial charge in [0.25, 0.3) is 0 Å². The summed E-state index contributed by atoms with van der Waals surface area (Å²) in [4.78, 5) is 0. The maximum absolute atomic E-state index is 12.9. The van der Waals surface area contributed by atoms with Crippen LogP contribution in [0, 0.1) is 11.6 Å². The quantitative estimate of drug-likeness (QED) is 0.875. The minimum atomic E-state index is -0.556. The standard InChI is InChI=1S/C13H17F2NO/c14-11-5-10(6-12(15)7-11)8-17-9-13-3-1-2-4-16-13/h5-7,13,16H,1-4,8-9H2. The predicted molar refractivity (Wildman–Crippen MR) is 61.7 cm³/mol. The first-order valence-corrected chi connectivity index (χ1v) is 6.00. The average Bonchev–Trinajstić information content (AvgIpc) is 2.29. The first kappa shape index (κ1) is 12.5. The molecule has 1 saturated heterocycles. The molecular formula is C13H17F2NO. The molecule has 1 aliphatic rings. The Bertz CT molecular complexity index is 344. The third kappa shape index (κ3) is 4.06. The van der Waals surface area contributed by atoms with Crippen molar-refractivity contribution in [1.29, 1.82) is 0 Å². The van der Waals surface area contributed by atoms with E-state index in [1.165, 1.54) is 25.0 Å². The lowest BCUT2D eigenvalue weighted by Crippen LogP contribution is -2.37. The van der Waals surface area contributed by atoms with Gasteiger partial charge in [-0.15, -0.1) is 0 Å². The van der Waals surface area contributed by atoms with Crippen LogP contribution < -0.4 is 5.32 Å². The first-order chi connectivity index (χ1) is 8.24. The van der Waals surface area contributed by atoms with Crippen LogP contribution in [0.25, 0.3) is 0 Å². The smallest absolute Gasteiger partial charge is 0.126 e. The molecule has 1 N–H and O–H groups in total. The lowest BCUT2D eigenvalue weighted by molar-refractivity contribution is 0.0908. The highest BCUT2D eigenvalue weighted by molar-refractivity contribution is 5.16. The Balaban J connectivity index is 1.77. The number of ether oxygens (including phenoxy) is 1. The number of hydrogen-bond donors (Lipinski definition) is 1.